The van der Waals surface area contributed by atoms with Gasteiger partial charge in [0.05, 0.1) is 11.4 Å². The van der Waals surface area contributed by atoms with Crippen LogP contribution in [-0.2, 0) is 13.6 Å². The van der Waals surface area contributed by atoms with E-state index in [-0.39, 0.29) is 0 Å². The van der Waals surface area contributed by atoms with Crippen LogP contribution in [0.3, 0.4) is 0 Å². The van der Waals surface area contributed by atoms with Crippen LogP contribution in [0.5, 0.6) is 0 Å². The summed E-state index contributed by atoms with van der Waals surface area (Å²) < 4.78 is 2.00. The Morgan fingerprint density at radius 3 is 3.00 bits per heavy atom. The van der Waals surface area contributed by atoms with Crippen LogP contribution >= 0.6 is 0 Å². The Morgan fingerprint density at radius 2 is 2.38 bits per heavy atom. The first kappa shape index (κ1) is 11.6. The van der Waals surface area contributed by atoms with Crippen LogP contribution in [0.4, 0.5) is 0 Å². The highest BCUT2D eigenvalue weighted by Crippen LogP contribution is 2.13. The van der Waals surface area contributed by atoms with E-state index in [1.807, 2.05) is 11.7 Å². The molecule has 1 N–H and O–H groups in total. The molecule has 90 valence electrons. The number of rotatable bonds is 3. The first-order valence-corrected chi connectivity index (χ1v) is 6.08. The zero-order valence-electron chi connectivity index (χ0n) is 10.5. The fraction of sp³-hybridized carbons (Fsp3) is 0.750. The van der Waals surface area contributed by atoms with Crippen molar-refractivity contribution < 1.29 is 0 Å². The summed E-state index contributed by atoms with van der Waals surface area (Å²) in [6, 6.07) is 2.84. The molecule has 1 fully saturated rings. The Bertz CT molecular complexity index is 345. The van der Waals surface area contributed by atoms with Gasteiger partial charge in [-0.15, -0.1) is 0 Å². The lowest BCUT2D eigenvalue weighted by molar-refractivity contribution is 0.184. The zero-order chi connectivity index (χ0) is 11.5. The molecule has 0 saturated carbocycles. The van der Waals surface area contributed by atoms with E-state index >= 15 is 0 Å². The van der Waals surface area contributed by atoms with Crippen LogP contribution < -0.4 is 5.32 Å². The second-order valence-electron chi connectivity index (χ2n) is 4.76. The molecule has 2 heterocycles. The van der Waals surface area contributed by atoms with Gasteiger partial charge in [-0.3, -0.25) is 9.58 Å². The molecule has 1 saturated heterocycles. The van der Waals surface area contributed by atoms with Crippen molar-refractivity contribution in [1.82, 2.24) is 20.0 Å². The van der Waals surface area contributed by atoms with Crippen molar-refractivity contribution in [2.75, 3.05) is 20.1 Å². The molecule has 0 aliphatic carbocycles. The third-order valence-corrected chi connectivity index (χ3v) is 3.40. The first-order chi connectivity index (χ1) is 7.69. The van der Waals surface area contributed by atoms with Crippen LogP contribution in [-0.4, -0.2) is 40.9 Å². The number of likely N-dealkylation sites (tertiary alicyclic amines) is 1. The lowest BCUT2D eigenvalue weighted by Crippen LogP contribution is -2.44. The minimum Gasteiger partial charge on any atom is -0.316 e. The van der Waals surface area contributed by atoms with Gasteiger partial charge in [0.2, 0.25) is 0 Å². The van der Waals surface area contributed by atoms with E-state index < -0.39 is 0 Å². The Labute approximate surface area is 97.6 Å². The smallest absolute Gasteiger partial charge is 0.0597 e. The van der Waals surface area contributed by atoms with E-state index in [1.54, 1.807) is 0 Å². The van der Waals surface area contributed by atoms with Gasteiger partial charge in [-0.05, 0) is 39.4 Å². The molecule has 0 radical (unpaired) electrons. The monoisotopic (exact) mass is 222 g/mol. The summed E-state index contributed by atoms with van der Waals surface area (Å²) in [6.45, 7) is 5.44. The average molecular weight is 222 g/mol. The molecule has 4 heteroatoms. The van der Waals surface area contributed by atoms with Crippen molar-refractivity contribution in [1.29, 1.82) is 0 Å². The lowest BCUT2D eigenvalue weighted by Gasteiger charge is -2.32. The van der Waals surface area contributed by atoms with Gasteiger partial charge < -0.3 is 5.32 Å². The molecule has 2 rings (SSSR count). The molecule has 1 aliphatic heterocycles. The van der Waals surface area contributed by atoms with E-state index in [1.165, 1.54) is 25.1 Å². The van der Waals surface area contributed by atoms with Crippen molar-refractivity contribution in [3.05, 3.63) is 17.5 Å². The maximum Gasteiger partial charge on any atom is 0.0597 e. The number of hydrogen-bond donors (Lipinski definition) is 1. The number of piperidine rings is 1. The topological polar surface area (TPSA) is 33.1 Å². The van der Waals surface area contributed by atoms with E-state index in [4.69, 9.17) is 0 Å². The highest BCUT2D eigenvalue weighted by atomic mass is 15.3. The second-order valence-corrected chi connectivity index (χ2v) is 4.76. The molecule has 1 atom stereocenters. The van der Waals surface area contributed by atoms with Crippen molar-refractivity contribution >= 4 is 0 Å². The van der Waals surface area contributed by atoms with Crippen LogP contribution in [0.2, 0.25) is 0 Å². The SMILES string of the molecule is CNC1CCCN(Cc2cc(C)nn2C)C1. The molecule has 1 unspecified atom stereocenters. The number of likely N-dealkylation sites (N-methyl/N-ethyl adjacent to an activating group) is 1. The molecular weight excluding hydrogens is 200 g/mol. The van der Waals surface area contributed by atoms with Crippen LogP contribution in [0.1, 0.15) is 24.2 Å². The van der Waals surface area contributed by atoms with Crippen molar-refractivity contribution in [2.45, 2.75) is 32.4 Å². The summed E-state index contributed by atoms with van der Waals surface area (Å²) >= 11 is 0. The predicted octanol–water partition coefficient (Wildman–Crippen LogP) is 0.912. The standard InChI is InChI=1S/C12H22N4/c1-10-7-12(15(3)14-10)9-16-6-4-5-11(8-16)13-2/h7,11,13H,4-6,8-9H2,1-3H3. The third kappa shape index (κ3) is 2.62. The Morgan fingerprint density at radius 1 is 1.56 bits per heavy atom. The predicted molar refractivity (Wildman–Crippen MR) is 65.3 cm³/mol. The van der Waals surface area contributed by atoms with Crippen molar-refractivity contribution in [2.24, 2.45) is 7.05 Å². The molecule has 0 aromatic carbocycles. The molecule has 1 aromatic heterocycles. The normalized spacial score (nSPS) is 22.6. The number of nitrogens with zero attached hydrogens (tertiary/aromatic N) is 3. The minimum absolute atomic E-state index is 0.656. The summed E-state index contributed by atoms with van der Waals surface area (Å²) in [5.74, 6) is 0. The molecule has 0 amide bonds. The van der Waals surface area contributed by atoms with Gasteiger partial charge in [0.25, 0.3) is 0 Å². The summed E-state index contributed by atoms with van der Waals surface area (Å²) in [4.78, 5) is 2.52. The van der Waals surface area contributed by atoms with Gasteiger partial charge in [0, 0.05) is 26.2 Å². The zero-order valence-corrected chi connectivity index (χ0v) is 10.5. The fourth-order valence-electron chi connectivity index (χ4n) is 2.48. The second kappa shape index (κ2) is 4.97. The third-order valence-electron chi connectivity index (χ3n) is 3.40. The van der Waals surface area contributed by atoms with Gasteiger partial charge in [-0.25, -0.2) is 0 Å². The van der Waals surface area contributed by atoms with E-state index in [0.29, 0.717) is 6.04 Å². The summed E-state index contributed by atoms with van der Waals surface area (Å²) in [5.41, 5.74) is 2.42. The highest BCUT2D eigenvalue weighted by Gasteiger charge is 2.19. The van der Waals surface area contributed by atoms with Gasteiger partial charge in [-0.1, -0.05) is 0 Å². The van der Waals surface area contributed by atoms with Gasteiger partial charge in [0.15, 0.2) is 0 Å². The molecule has 1 aliphatic rings. The summed E-state index contributed by atoms with van der Waals surface area (Å²) in [6.07, 6.45) is 2.60. The molecule has 16 heavy (non-hydrogen) atoms. The lowest BCUT2D eigenvalue weighted by atomic mass is 10.1. The Balaban J connectivity index is 1.96. The van der Waals surface area contributed by atoms with Crippen LogP contribution in [0, 0.1) is 6.92 Å². The van der Waals surface area contributed by atoms with Gasteiger partial charge in [0.1, 0.15) is 0 Å². The van der Waals surface area contributed by atoms with Crippen LogP contribution in [0.25, 0.3) is 0 Å². The van der Waals surface area contributed by atoms with Crippen molar-refractivity contribution in [3.8, 4) is 0 Å². The molecular formula is C12H22N4. The number of aryl methyl sites for hydroxylation is 2. The fourth-order valence-corrected chi connectivity index (χ4v) is 2.48. The average Bonchev–Trinajstić information content (AvgIpc) is 2.58. The quantitative estimate of drug-likeness (QED) is 0.825. The Kier molecular flexibility index (Phi) is 3.61. The summed E-state index contributed by atoms with van der Waals surface area (Å²) in [5, 5.41) is 7.77. The first-order valence-electron chi connectivity index (χ1n) is 6.08. The van der Waals surface area contributed by atoms with Gasteiger partial charge in [-0.2, -0.15) is 5.10 Å². The number of nitrogens with one attached hydrogen (secondary N) is 1. The Hall–Kier alpha value is -0.870. The highest BCUT2D eigenvalue weighted by molar-refractivity contribution is 5.08. The summed E-state index contributed by atoms with van der Waals surface area (Å²) in [7, 11) is 4.09. The molecule has 4 nitrogen and oxygen atoms in total. The maximum absolute atomic E-state index is 4.39. The van der Waals surface area contributed by atoms with Crippen LogP contribution in [0.15, 0.2) is 6.07 Å². The largest absolute Gasteiger partial charge is 0.316 e. The van der Waals surface area contributed by atoms with Crippen molar-refractivity contribution in [3.63, 3.8) is 0 Å². The molecule has 0 bridgehead atoms. The number of aromatic nitrogens is 2. The van der Waals surface area contributed by atoms with Gasteiger partial charge >= 0.3 is 0 Å². The van der Waals surface area contributed by atoms with E-state index in [0.717, 1.165) is 18.8 Å². The van der Waals surface area contributed by atoms with E-state index in [2.05, 4.69) is 35.4 Å². The molecule has 1 aromatic rings. The minimum atomic E-state index is 0.656. The molecule has 0 spiro atoms. The number of hydrogen-bond acceptors (Lipinski definition) is 3. The van der Waals surface area contributed by atoms with E-state index in [9.17, 15) is 0 Å². The maximum atomic E-state index is 4.39.